The molecule has 2 fully saturated rings. The molecule has 2 saturated carbocycles. The van der Waals surface area contributed by atoms with Crippen LogP contribution >= 0.6 is 0 Å². The normalized spacial score (nSPS) is 40.0. The minimum atomic E-state index is -0.144. The molecule has 0 amide bonds. The Labute approximate surface area is 131 Å². The van der Waals surface area contributed by atoms with Crippen molar-refractivity contribution in [2.24, 2.45) is 28.1 Å². The summed E-state index contributed by atoms with van der Waals surface area (Å²) in [6.07, 6.45) is 6.15. The Morgan fingerprint density at radius 1 is 0.714 bits per heavy atom. The van der Waals surface area contributed by atoms with Crippen molar-refractivity contribution in [3.63, 3.8) is 0 Å². The van der Waals surface area contributed by atoms with E-state index >= 15 is 0 Å². The van der Waals surface area contributed by atoms with Crippen molar-refractivity contribution in [3.05, 3.63) is 0 Å². The maximum Gasteiger partial charge on any atom is 0.0591 e. The Morgan fingerprint density at radius 2 is 1.05 bits per heavy atom. The highest BCUT2D eigenvalue weighted by atomic mass is 16.3. The summed E-state index contributed by atoms with van der Waals surface area (Å²) in [6, 6.07) is 0. The van der Waals surface area contributed by atoms with Crippen LogP contribution in [-0.2, 0) is 0 Å². The number of hydrogen-bond acceptors (Lipinski definition) is 2. The van der Waals surface area contributed by atoms with Crippen molar-refractivity contribution >= 4 is 0 Å². The molecule has 21 heavy (non-hydrogen) atoms. The average molecular weight is 296 g/mol. The number of aliphatic hydroxyl groups is 2. The highest BCUT2D eigenvalue weighted by Crippen LogP contribution is 2.54. The summed E-state index contributed by atoms with van der Waals surface area (Å²) in [7, 11) is 0. The minimum absolute atomic E-state index is 0.0455. The van der Waals surface area contributed by atoms with Gasteiger partial charge in [0.25, 0.3) is 0 Å². The van der Waals surface area contributed by atoms with Crippen LogP contribution < -0.4 is 0 Å². The zero-order valence-corrected chi connectivity index (χ0v) is 14.9. The molecule has 0 heterocycles. The van der Waals surface area contributed by atoms with E-state index in [9.17, 15) is 10.2 Å². The fourth-order valence-electron chi connectivity index (χ4n) is 4.85. The predicted molar refractivity (Wildman–Crippen MR) is 88.0 cm³/mol. The van der Waals surface area contributed by atoms with Crippen LogP contribution in [0.4, 0.5) is 0 Å². The summed E-state index contributed by atoms with van der Waals surface area (Å²) in [5.74, 6) is 1.37. The van der Waals surface area contributed by atoms with Crippen LogP contribution in [-0.4, -0.2) is 22.4 Å². The molecule has 2 rings (SSSR count). The second kappa shape index (κ2) is 5.53. The summed E-state index contributed by atoms with van der Waals surface area (Å²) in [5.41, 5.74) is 0.391. The average Bonchev–Trinajstić information content (AvgIpc) is 2.35. The maximum absolute atomic E-state index is 10.2. The smallest absolute Gasteiger partial charge is 0.0591 e. The summed E-state index contributed by atoms with van der Waals surface area (Å²) in [5, 5.41) is 20.4. The lowest BCUT2D eigenvalue weighted by atomic mass is 9.54. The zero-order valence-electron chi connectivity index (χ0n) is 14.9. The Morgan fingerprint density at radius 3 is 1.33 bits per heavy atom. The molecule has 0 radical (unpaired) electrons. The van der Waals surface area contributed by atoms with Crippen molar-refractivity contribution < 1.29 is 10.2 Å². The van der Waals surface area contributed by atoms with Gasteiger partial charge in [-0.25, -0.2) is 0 Å². The van der Waals surface area contributed by atoms with Crippen LogP contribution in [0, 0.1) is 28.1 Å². The highest BCUT2D eigenvalue weighted by Gasteiger charge is 2.48. The molecule has 0 saturated heterocycles. The van der Waals surface area contributed by atoms with Crippen molar-refractivity contribution in [2.45, 2.75) is 92.3 Å². The third-order valence-corrected chi connectivity index (χ3v) is 7.03. The van der Waals surface area contributed by atoms with E-state index in [4.69, 9.17) is 0 Å². The zero-order chi connectivity index (χ0) is 16.1. The van der Waals surface area contributed by atoms with Gasteiger partial charge >= 0.3 is 0 Å². The van der Waals surface area contributed by atoms with Gasteiger partial charge in [-0.3, -0.25) is 0 Å². The lowest BCUT2D eigenvalue weighted by Gasteiger charge is -2.52. The Kier molecular flexibility index (Phi) is 4.55. The lowest BCUT2D eigenvalue weighted by molar-refractivity contribution is -0.0805. The van der Waals surface area contributed by atoms with Gasteiger partial charge in [-0.05, 0) is 66.6 Å². The molecule has 4 atom stereocenters. The lowest BCUT2D eigenvalue weighted by Crippen LogP contribution is -2.47. The van der Waals surface area contributed by atoms with E-state index in [1.165, 1.54) is 0 Å². The molecule has 2 nitrogen and oxygen atoms in total. The summed E-state index contributed by atoms with van der Waals surface area (Å²) >= 11 is 0. The van der Waals surface area contributed by atoms with E-state index in [2.05, 4.69) is 41.5 Å². The van der Waals surface area contributed by atoms with E-state index in [-0.39, 0.29) is 23.0 Å². The second-order valence-corrected chi connectivity index (χ2v) is 9.79. The summed E-state index contributed by atoms with van der Waals surface area (Å²) in [4.78, 5) is 0. The van der Waals surface area contributed by atoms with E-state index in [0.29, 0.717) is 17.3 Å². The van der Waals surface area contributed by atoms with Gasteiger partial charge < -0.3 is 10.2 Å². The SMILES string of the molecule is CC1(C)CC(C(C)(C)C2CCC(O)C(C)(C)C2)CCC1O. The molecule has 2 aliphatic rings. The first-order valence-electron chi connectivity index (χ1n) is 8.83. The standard InChI is InChI=1S/C19H36O2/c1-17(2)11-13(7-9-15(17)20)19(5,6)14-8-10-16(21)18(3,4)12-14/h13-16,20-21H,7-12H2,1-6H3. The van der Waals surface area contributed by atoms with E-state index < -0.39 is 0 Å². The molecule has 0 aromatic carbocycles. The van der Waals surface area contributed by atoms with Crippen LogP contribution in [0.15, 0.2) is 0 Å². The topological polar surface area (TPSA) is 40.5 Å². The Bertz CT molecular complexity index is 336. The molecule has 2 heteroatoms. The maximum atomic E-state index is 10.2. The largest absolute Gasteiger partial charge is 0.393 e. The van der Waals surface area contributed by atoms with Crippen molar-refractivity contribution in [1.82, 2.24) is 0 Å². The fourth-order valence-corrected chi connectivity index (χ4v) is 4.85. The Hall–Kier alpha value is -0.0800. The fraction of sp³-hybridized carbons (Fsp3) is 1.00. The van der Waals surface area contributed by atoms with Gasteiger partial charge in [-0.1, -0.05) is 41.5 Å². The van der Waals surface area contributed by atoms with Crippen LogP contribution in [0.25, 0.3) is 0 Å². The predicted octanol–water partition coefficient (Wildman–Crippen LogP) is 4.39. The van der Waals surface area contributed by atoms with Crippen molar-refractivity contribution in [2.75, 3.05) is 0 Å². The first kappa shape index (κ1) is 17.3. The van der Waals surface area contributed by atoms with Gasteiger partial charge in [0.2, 0.25) is 0 Å². The van der Waals surface area contributed by atoms with E-state index in [0.717, 1.165) is 38.5 Å². The molecule has 0 aliphatic heterocycles. The van der Waals surface area contributed by atoms with Gasteiger partial charge in [0.15, 0.2) is 0 Å². The summed E-state index contributed by atoms with van der Waals surface area (Å²) in [6.45, 7) is 13.7. The van der Waals surface area contributed by atoms with Crippen LogP contribution in [0.5, 0.6) is 0 Å². The Balaban J connectivity index is 2.11. The minimum Gasteiger partial charge on any atom is -0.393 e. The summed E-state index contributed by atoms with van der Waals surface area (Å²) < 4.78 is 0. The molecule has 4 unspecified atom stereocenters. The molecule has 0 aromatic heterocycles. The molecule has 2 N–H and O–H groups in total. The van der Waals surface area contributed by atoms with Crippen molar-refractivity contribution in [1.29, 1.82) is 0 Å². The van der Waals surface area contributed by atoms with Gasteiger partial charge in [0.05, 0.1) is 12.2 Å². The van der Waals surface area contributed by atoms with Crippen LogP contribution in [0.3, 0.4) is 0 Å². The monoisotopic (exact) mass is 296 g/mol. The van der Waals surface area contributed by atoms with Gasteiger partial charge in [0, 0.05) is 0 Å². The third kappa shape index (κ3) is 3.32. The van der Waals surface area contributed by atoms with Crippen molar-refractivity contribution in [3.8, 4) is 0 Å². The van der Waals surface area contributed by atoms with E-state index in [1.807, 2.05) is 0 Å². The molecule has 2 aliphatic carbocycles. The molecular weight excluding hydrogens is 260 g/mol. The van der Waals surface area contributed by atoms with Crippen LogP contribution in [0.2, 0.25) is 0 Å². The molecular formula is C19H36O2. The third-order valence-electron chi connectivity index (χ3n) is 7.03. The number of aliphatic hydroxyl groups excluding tert-OH is 2. The van der Waals surface area contributed by atoms with Gasteiger partial charge in [-0.2, -0.15) is 0 Å². The first-order valence-corrected chi connectivity index (χ1v) is 8.83. The van der Waals surface area contributed by atoms with Gasteiger partial charge in [-0.15, -0.1) is 0 Å². The molecule has 0 aromatic rings. The highest BCUT2D eigenvalue weighted by molar-refractivity contribution is 4.98. The van der Waals surface area contributed by atoms with Crippen LogP contribution in [0.1, 0.15) is 80.1 Å². The van der Waals surface area contributed by atoms with Gasteiger partial charge in [0.1, 0.15) is 0 Å². The molecule has 124 valence electrons. The second-order valence-electron chi connectivity index (χ2n) is 9.79. The molecule has 0 spiro atoms. The number of hydrogen-bond donors (Lipinski definition) is 2. The first-order chi connectivity index (χ1) is 9.47. The quantitative estimate of drug-likeness (QED) is 0.793. The molecule has 0 bridgehead atoms. The number of rotatable bonds is 2. The van der Waals surface area contributed by atoms with E-state index in [1.54, 1.807) is 0 Å².